The number of nitrogens with zero attached hydrogens (tertiary/aromatic N) is 1. The molecule has 0 atom stereocenters. The van der Waals surface area contributed by atoms with Crippen LogP contribution in [0.25, 0.3) is 0 Å². The molecule has 35 heavy (non-hydrogen) atoms. The first-order chi connectivity index (χ1) is 16.6. The van der Waals surface area contributed by atoms with Crippen molar-refractivity contribution >= 4 is 68.2 Å². The number of benzene rings is 3. The number of thioether (sulfide) groups is 1. The predicted octanol–water partition coefficient (Wildman–Crippen LogP) is 6.51. The Bertz CT molecular complexity index is 1300. The Morgan fingerprint density at radius 2 is 1.60 bits per heavy atom. The van der Waals surface area contributed by atoms with Crippen LogP contribution in [0, 0.1) is 13.8 Å². The average Bonchev–Trinajstić information content (AvgIpc) is 2.80. The molecule has 5 nitrogen and oxygen atoms in total. The molecule has 0 aromatic heterocycles. The van der Waals surface area contributed by atoms with Gasteiger partial charge in [-0.15, -0.1) is 0 Å². The highest BCUT2D eigenvalue weighted by Gasteiger charge is 2.28. The lowest BCUT2D eigenvalue weighted by atomic mass is 10.2. The summed E-state index contributed by atoms with van der Waals surface area (Å²) >= 11 is 19.9. The van der Waals surface area contributed by atoms with Gasteiger partial charge in [-0.2, -0.15) is 11.8 Å². The normalized spacial score (nSPS) is 11.3. The molecule has 0 aliphatic carbocycles. The molecule has 0 unspecified atom stereocenters. The van der Waals surface area contributed by atoms with Gasteiger partial charge in [-0.05, 0) is 61.4 Å². The van der Waals surface area contributed by atoms with Gasteiger partial charge in [0, 0.05) is 33.1 Å². The predicted molar refractivity (Wildman–Crippen MR) is 148 cm³/mol. The Labute approximate surface area is 225 Å². The van der Waals surface area contributed by atoms with Crippen molar-refractivity contribution in [2.24, 2.45) is 0 Å². The van der Waals surface area contributed by atoms with E-state index in [0.717, 1.165) is 15.4 Å². The third-order valence-corrected chi connectivity index (χ3v) is 8.78. The molecule has 0 fully saturated rings. The number of halogens is 3. The third kappa shape index (κ3) is 7.54. The zero-order valence-corrected chi connectivity index (χ0v) is 23.1. The monoisotopic (exact) mass is 570 g/mol. The number of amides is 1. The second-order valence-corrected chi connectivity index (χ2v) is 12.1. The van der Waals surface area contributed by atoms with Crippen LogP contribution in [0.4, 0.5) is 5.69 Å². The van der Waals surface area contributed by atoms with E-state index in [0.29, 0.717) is 44.4 Å². The molecule has 0 aliphatic rings. The Balaban J connectivity index is 1.68. The SMILES string of the molecule is Cc1ccc(S(=O)(=O)N(CC(=O)NCCSCc2ccc(Cl)cc2Cl)c2cc(Cl)ccc2C)cc1. The summed E-state index contributed by atoms with van der Waals surface area (Å²) in [4.78, 5) is 12.9. The molecule has 0 saturated heterocycles. The summed E-state index contributed by atoms with van der Waals surface area (Å²) in [6, 6.07) is 16.8. The van der Waals surface area contributed by atoms with Gasteiger partial charge in [0.25, 0.3) is 10.0 Å². The summed E-state index contributed by atoms with van der Waals surface area (Å²) in [5.74, 6) is 0.887. The fourth-order valence-electron chi connectivity index (χ4n) is 3.26. The first kappa shape index (κ1) is 27.7. The van der Waals surface area contributed by atoms with Gasteiger partial charge in [0.1, 0.15) is 6.54 Å². The first-order valence-corrected chi connectivity index (χ1v) is 14.4. The van der Waals surface area contributed by atoms with E-state index in [9.17, 15) is 13.2 Å². The van der Waals surface area contributed by atoms with Crippen molar-refractivity contribution in [3.8, 4) is 0 Å². The van der Waals surface area contributed by atoms with Crippen LogP contribution in [0.5, 0.6) is 0 Å². The number of aryl methyl sites for hydroxylation is 2. The summed E-state index contributed by atoms with van der Waals surface area (Å²) in [6.45, 7) is 3.66. The number of anilines is 1. The minimum Gasteiger partial charge on any atom is -0.354 e. The van der Waals surface area contributed by atoms with E-state index in [1.54, 1.807) is 61.2 Å². The minimum atomic E-state index is -4.00. The summed E-state index contributed by atoms with van der Waals surface area (Å²) < 4.78 is 28.1. The smallest absolute Gasteiger partial charge is 0.264 e. The summed E-state index contributed by atoms with van der Waals surface area (Å²) in [7, 11) is -4.00. The van der Waals surface area contributed by atoms with Gasteiger partial charge in [-0.1, -0.05) is 64.6 Å². The third-order valence-electron chi connectivity index (χ3n) is 5.18. The Hall–Kier alpha value is -1.90. The van der Waals surface area contributed by atoms with Gasteiger partial charge in [0.05, 0.1) is 10.6 Å². The zero-order chi connectivity index (χ0) is 25.6. The highest BCUT2D eigenvalue weighted by molar-refractivity contribution is 7.98. The maximum absolute atomic E-state index is 13.5. The molecule has 3 rings (SSSR count). The van der Waals surface area contributed by atoms with E-state index in [2.05, 4.69) is 5.32 Å². The molecule has 3 aromatic rings. The minimum absolute atomic E-state index is 0.102. The molecule has 3 aromatic carbocycles. The molecule has 0 aliphatic heterocycles. The number of hydrogen-bond acceptors (Lipinski definition) is 4. The van der Waals surface area contributed by atoms with Crippen LogP contribution >= 0.6 is 46.6 Å². The molecule has 0 radical (unpaired) electrons. The van der Waals surface area contributed by atoms with E-state index in [1.165, 1.54) is 12.1 Å². The fourth-order valence-corrected chi connectivity index (χ4v) is 6.32. The van der Waals surface area contributed by atoms with Gasteiger partial charge >= 0.3 is 0 Å². The van der Waals surface area contributed by atoms with Gasteiger partial charge in [0.2, 0.25) is 5.91 Å². The number of nitrogens with one attached hydrogen (secondary N) is 1. The quantitative estimate of drug-likeness (QED) is 0.282. The van der Waals surface area contributed by atoms with E-state index >= 15 is 0 Å². The molecular formula is C25H25Cl3N2O3S2. The van der Waals surface area contributed by atoms with Crippen LogP contribution in [0.1, 0.15) is 16.7 Å². The highest BCUT2D eigenvalue weighted by Crippen LogP contribution is 2.29. The van der Waals surface area contributed by atoms with Crippen LogP contribution in [-0.2, 0) is 20.6 Å². The molecule has 1 N–H and O–H groups in total. The van der Waals surface area contributed by atoms with Gasteiger partial charge in [-0.3, -0.25) is 9.10 Å². The van der Waals surface area contributed by atoms with Crippen molar-refractivity contribution in [3.05, 3.63) is 92.4 Å². The summed E-state index contributed by atoms with van der Waals surface area (Å²) in [5, 5.41) is 4.37. The highest BCUT2D eigenvalue weighted by atomic mass is 35.5. The van der Waals surface area contributed by atoms with E-state index in [4.69, 9.17) is 34.8 Å². The Morgan fingerprint density at radius 3 is 2.29 bits per heavy atom. The topological polar surface area (TPSA) is 66.5 Å². The summed E-state index contributed by atoms with van der Waals surface area (Å²) in [5.41, 5.74) is 2.94. The van der Waals surface area contributed by atoms with Crippen LogP contribution < -0.4 is 9.62 Å². The van der Waals surface area contributed by atoms with Crippen molar-refractivity contribution < 1.29 is 13.2 Å². The Kier molecular flexibility index (Phi) is 9.78. The number of carbonyl (C=O) groups excluding carboxylic acids is 1. The number of carbonyl (C=O) groups is 1. The van der Waals surface area contributed by atoms with E-state index in [1.807, 2.05) is 13.0 Å². The lowest BCUT2D eigenvalue weighted by molar-refractivity contribution is -0.119. The standard InChI is InChI=1S/C25H25Cl3N2O3S2/c1-17-3-9-22(10-4-17)35(32,33)30(24-14-21(27)7-5-18(24)2)15-25(31)29-11-12-34-16-19-6-8-20(26)13-23(19)28/h3-10,13-14H,11-12,15-16H2,1-2H3,(H,29,31). The van der Waals surface area contributed by atoms with E-state index in [-0.39, 0.29) is 11.4 Å². The number of rotatable bonds is 10. The first-order valence-electron chi connectivity index (χ1n) is 10.7. The van der Waals surface area contributed by atoms with Gasteiger partial charge in [0.15, 0.2) is 0 Å². The molecule has 186 valence electrons. The Morgan fingerprint density at radius 1 is 0.943 bits per heavy atom. The summed E-state index contributed by atoms with van der Waals surface area (Å²) in [6.07, 6.45) is 0. The second-order valence-electron chi connectivity index (χ2n) is 7.89. The lowest BCUT2D eigenvalue weighted by Crippen LogP contribution is -2.41. The molecule has 0 saturated carbocycles. The molecule has 0 spiro atoms. The van der Waals surface area contributed by atoms with Crippen molar-refractivity contribution in [1.29, 1.82) is 0 Å². The zero-order valence-electron chi connectivity index (χ0n) is 19.2. The molecule has 0 heterocycles. The van der Waals surface area contributed by atoms with Crippen LogP contribution in [0.15, 0.2) is 65.6 Å². The number of hydrogen-bond donors (Lipinski definition) is 1. The van der Waals surface area contributed by atoms with Gasteiger partial charge in [-0.25, -0.2) is 8.42 Å². The molecular weight excluding hydrogens is 547 g/mol. The number of sulfonamides is 1. The largest absolute Gasteiger partial charge is 0.354 e. The molecule has 10 heteroatoms. The van der Waals surface area contributed by atoms with Crippen LogP contribution in [-0.4, -0.2) is 33.2 Å². The van der Waals surface area contributed by atoms with Crippen LogP contribution in [0.3, 0.4) is 0 Å². The fraction of sp³-hybridized carbons (Fsp3) is 0.240. The maximum atomic E-state index is 13.5. The lowest BCUT2D eigenvalue weighted by Gasteiger charge is -2.26. The maximum Gasteiger partial charge on any atom is 0.264 e. The molecule has 1 amide bonds. The van der Waals surface area contributed by atoms with Crippen LogP contribution in [0.2, 0.25) is 15.1 Å². The van der Waals surface area contributed by atoms with Crippen molar-refractivity contribution in [3.63, 3.8) is 0 Å². The van der Waals surface area contributed by atoms with Gasteiger partial charge < -0.3 is 5.32 Å². The van der Waals surface area contributed by atoms with Crippen molar-refractivity contribution in [1.82, 2.24) is 5.32 Å². The van der Waals surface area contributed by atoms with Crippen molar-refractivity contribution in [2.75, 3.05) is 23.1 Å². The molecule has 0 bridgehead atoms. The van der Waals surface area contributed by atoms with Crippen molar-refractivity contribution in [2.45, 2.75) is 24.5 Å². The average molecular weight is 572 g/mol. The van der Waals surface area contributed by atoms with E-state index < -0.39 is 15.9 Å². The second kappa shape index (κ2) is 12.4.